The Morgan fingerprint density at radius 3 is 3.13 bits per heavy atom. The Kier molecular flexibility index (Phi) is 1.68. The van der Waals surface area contributed by atoms with Crippen molar-refractivity contribution in [1.82, 2.24) is 9.55 Å². The lowest BCUT2D eigenvalue weighted by Gasteiger charge is -2.15. The van der Waals surface area contributed by atoms with Crippen molar-refractivity contribution < 1.29 is 8.42 Å². The van der Waals surface area contributed by atoms with Gasteiger partial charge in [-0.1, -0.05) is 0 Å². The molecule has 5 heteroatoms. The maximum atomic E-state index is 11.5. The van der Waals surface area contributed by atoms with Crippen molar-refractivity contribution in [2.75, 3.05) is 5.75 Å². The maximum absolute atomic E-state index is 11.5. The van der Waals surface area contributed by atoms with E-state index in [1.165, 1.54) is 0 Å². The van der Waals surface area contributed by atoms with E-state index in [0.717, 1.165) is 16.7 Å². The van der Waals surface area contributed by atoms with E-state index < -0.39 is 9.84 Å². The van der Waals surface area contributed by atoms with Gasteiger partial charge in [0.05, 0.1) is 11.5 Å². The molecule has 3 heterocycles. The van der Waals surface area contributed by atoms with E-state index in [1.54, 1.807) is 6.20 Å². The fourth-order valence-electron chi connectivity index (χ4n) is 2.04. The minimum absolute atomic E-state index is 0.142. The van der Waals surface area contributed by atoms with Crippen LogP contribution < -0.4 is 0 Å². The third-order valence-electron chi connectivity index (χ3n) is 2.74. The zero-order valence-electron chi connectivity index (χ0n) is 8.05. The van der Waals surface area contributed by atoms with Crippen LogP contribution in [0.15, 0.2) is 24.4 Å². The summed E-state index contributed by atoms with van der Waals surface area (Å²) in [7, 11) is -2.89. The van der Waals surface area contributed by atoms with Crippen LogP contribution >= 0.6 is 0 Å². The largest absolute Gasteiger partial charge is 0.328 e. The molecule has 3 rings (SSSR count). The lowest BCUT2D eigenvalue weighted by molar-refractivity contribution is 0.576. The number of aromatic nitrogens is 2. The normalized spacial score (nSPS) is 18.9. The number of hydrogen-bond donors (Lipinski definition) is 0. The molecule has 0 saturated carbocycles. The van der Waals surface area contributed by atoms with E-state index in [1.807, 2.05) is 22.8 Å². The molecule has 0 unspecified atom stereocenters. The summed E-state index contributed by atoms with van der Waals surface area (Å²) in [4.78, 5) is 4.27. The second-order valence-corrected chi connectivity index (χ2v) is 5.98. The number of pyridine rings is 1. The van der Waals surface area contributed by atoms with E-state index in [9.17, 15) is 8.42 Å². The van der Waals surface area contributed by atoms with Crippen LogP contribution in [0.5, 0.6) is 0 Å². The average molecular weight is 222 g/mol. The number of hydrogen-bond acceptors (Lipinski definition) is 3. The predicted molar refractivity (Wildman–Crippen MR) is 57.2 cm³/mol. The van der Waals surface area contributed by atoms with E-state index in [2.05, 4.69) is 4.98 Å². The van der Waals surface area contributed by atoms with Crippen molar-refractivity contribution in [2.45, 2.75) is 12.3 Å². The second-order valence-electron chi connectivity index (χ2n) is 3.80. The lowest BCUT2D eigenvalue weighted by atomic mass is 10.3. The lowest BCUT2D eigenvalue weighted by Crippen LogP contribution is -2.23. The summed E-state index contributed by atoms with van der Waals surface area (Å²) in [5, 5.41) is 1.02. The second kappa shape index (κ2) is 2.82. The first kappa shape index (κ1) is 8.91. The monoisotopic (exact) mass is 222 g/mol. The van der Waals surface area contributed by atoms with Gasteiger partial charge < -0.3 is 4.57 Å². The van der Waals surface area contributed by atoms with Gasteiger partial charge in [0.1, 0.15) is 5.65 Å². The number of rotatable bonds is 0. The van der Waals surface area contributed by atoms with Gasteiger partial charge in [-0.25, -0.2) is 13.4 Å². The molecule has 0 radical (unpaired) electrons. The Labute approximate surface area is 87.5 Å². The summed E-state index contributed by atoms with van der Waals surface area (Å²) in [5.41, 5.74) is 1.75. The molecule has 15 heavy (non-hydrogen) atoms. The quantitative estimate of drug-likeness (QED) is 0.667. The summed E-state index contributed by atoms with van der Waals surface area (Å²) >= 11 is 0. The van der Waals surface area contributed by atoms with Gasteiger partial charge in [-0.2, -0.15) is 0 Å². The summed E-state index contributed by atoms with van der Waals surface area (Å²) in [5.74, 6) is 0.365. The number of fused-ring (bicyclic) bond motifs is 3. The zero-order valence-corrected chi connectivity index (χ0v) is 8.87. The molecule has 0 spiro atoms. The summed E-state index contributed by atoms with van der Waals surface area (Å²) in [6, 6.07) is 5.74. The van der Waals surface area contributed by atoms with E-state index in [0.29, 0.717) is 6.54 Å². The molecule has 0 bridgehead atoms. The van der Waals surface area contributed by atoms with Gasteiger partial charge in [-0.05, 0) is 18.2 Å². The van der Waals surface area contributed by atoms with Gasteiger partial charge in [0.15, 0.2) is 9.84 Å². The molecule has 0 aliphatic carbocycles. The first-order valence-electron chi connectivity index (χ1n) is 4.79. The molecule has 78 valence electrons. The standard InChI is InChI=1S/C10H10N2O2S/c13-15(14)5-4-12-9(7-15)6-8-2-1-3-11-10(8)12/h1-3,6H,4-5,7H2. The Bertz CT molecular complexity index is 628. The van der Waals surface area contributed by atoms with Crippen molar-refractivity contribution in [3.8, 4) is 0 Å². The third-order valence-corrected chi connectivity index (χ3v) is 4.28. The first-order chi connectivity index (χ1) is 7.16. The topological polar surface area (TPSA) is 52.0 Å². The van der Waals surface area contributed by atoms with Crippen LogP contribution in [0.2, 0.25) is 0 Å². The van der Waals surface area contributed by atoms with E-state index in [4.69, 9.17) is 0 Å². The number of aryl methyl sites for hydroxylation is 1. The molecule has 0 aromatic carbocycles. The molecule has 0 saturated heterocycles. The zero-order chi connectivity index (χ0) is 10.5. The van der Waals surface area contributed by atoms with Crippen molar-refractivity contribution in [3.05, 3.63) is 30.1 Å². The smallest absolute Gasteiger partial charge is 0.157 e. The third kappa shape index (κ3) is 1.34. The van der Waals surface area contributed by atoms with Crippen LogP contribution in [0.1, 0.15) is 5.69 Å². The maximum Gasteiger partial charge on any atom is 0.157 e. The highest BCUT2D eigenvalue weighted by atomic mass is 32.2. The Hall–Kier alpha value is -1.36. The van der Waals surface area contributed by atoms with Gasteiger partial charge in [0.25, 0.3) is 0 Å². The molecule has 0 N–H and O–H groups in total. The Morgan fingerprint density at radius 2 is 2.27 bits per heavy atom. The Balaban J connectivity index is 2.29. The van der Waals surface area contributed by atoms with Gasteiger partial charge in [0, 0.05) is 23.8 Å². The molecule has 1 aliphatic rings. The summed E-state index contributed by atoms with van der Waals surface area (Å²) in [6.45, 7) is 0.526. The highest BCUT2D eigenvalue weighted by Gasteiger charge is 2.23. The Morgan fingerprint density at radius 1 is 1.40 bits per heavy atom. The van der Waals surface area contributed by atoms with E-state index in [-0.39, 0.29) is 11.5 Å². The molecule has 2 aromatic rings. The highest BCUT2D eigenvalue weighted by Crippen LogP contribution is 2.23. The van der Waals surface area contributed by atoms with Gasteiger partial charge in [0.2, 0.25) is 0 Å². The molecule has 4 nitrogen and oxygen atoms in total. The fourth-order valence-corrected chi connectivity index (χ4v) is 3.33. The van der Waals surface area contributed by atoms with Gasteiger partial charge >= 0.3 is 0 Å². The average Bonchev–Trinajstić information content (AvgIpc) is 2.52. The molecule has 1 aliphatic heterocycles. The minimum Gasteiger partial charge on any atom is -0.328 e. The van der Waals surface area contributed by atoms with Gasteiger partial charge in [-0.3, -0.25) is 0 Å². The van der Waals surface area contributed by atoms with Crippen LogP contribution in [0.3, 0.4) is 0 Å². The van der Waals surface area contributed by atoms with Crippen LogP contribution in [-0.2, 0) is 22.1 Å². The molecular formula is C10H10N2O2S. The highest BCUT2D eigenvalue weighted by molar-refractivity contribution is 7.90. The molecule has 2 aromatic heterocycles. The molecular weight excluding hydrogens is 212 g/mol. The first-order valence-corrected chi connectivity index (χ1v) is 6.61. The number of nitrogens with zero attached hydrogens (tertiary/aromatic N) is 2. The summed E-state index contributed by atoms with van der Waals surface area (Å²) in [6.07, 6.45) is 1.73. The molecule has 0 fully saturated rings. The van der Waals surface area contributed by atoms with Crippen LogP contribution in [0, 0.1) is 0 Å². The predicted octanol–water partition coefficient (Wildman–Crippen LogP) is 0.965. The van der Waals surface area contributed by atoms with Crippen LogP contribution in [0.25, 0.3) is 11.0 Å². The van der Waals surface area contributed by atoms with Crippen molar-refractivity contribution in [3.63, 3.8) is 0 Å². The van der Waals surface area contributed by atoms with Gasteiger partial charge in [-0.15, -0.1) is 0 Å². The van der Waals surface area contributed by atoms with Crippen molar-refractivity contribution in [1.29, 1.82) is 0 Å². The molecule has 0 amide bonds. The summed E-state index contributed by atoms with van der Waals surface area (Å²) < 4.78 is 24.9. The van der Waals surface area contributed by atoms with Crippen LogP contribution in [0.4, 0.5) is 0 Å². The molecule has 0 atom stereocenters. The fraction of sp³-hybridized carbons (Fsp3) is 0.300. The number of sulfone groups is 1. The van der Waals surface area contributed by atoms with Crippen molar-refractivity contribution in [2.24, 2.45) is 0 Å². The SMILES string of the molecule is O=S1(=O)CCn2c(cc3cccnc32)C1. The minimum atomic E-state index is -2.89. The van der Waals surface area contributed by atoms with Crippen molar-refractivity contribution >= 4 is 20.9 Å². The van der Waals surface area contributed by atoms with Crippen LogP contribution in [-0.4, -0.2) is 23.7 Å². The van der Waals surface area contributed by atoms with E-state index >= 15 is 0 Å².